The summed E-state index contributed by atoms with van der Waals surface area (Å²) < 4.78 is 0. The Bertz CT molecular complexity index is 601. The molecule has 0 saturated carbocycles. The number of hydrogen-bond acceptors (Lipinski definition) is 2. The van der Waals surface area contributed by atoms with Crippen molar-refractivity contribution in [2.75, 3.05) is 12.4 Å². The van der Waals surface area contributed by atoms with Crippen LogP contribution in [0.15, 0.2) is 35.7 Å². The molecule has 0 bridgehead atoms. The molecule has 2 nitrogen and oxygen atoms in total. The molecule has 112 valence electrons. The number of amides is 1. The third-order valence-electron chi connectivity index (χ3n) is 3.05. The van der Waals surface area contributed by atoms with Crippen molar-refractivity contribution >= 4 is 52.0 Å². The molecule has 2 aromatic rings. The molecule has 21 heavy (non-hydrogen) atoms. The van der Waals surface area contributed by atoms with E-state index in [1.807, 2.05) is 17.5 Å². The van der Waals surface area contributed by atoms with Crippen LogP contribution in [0.3, 0.4) is 0 Å². The first-order chi connectivity index (χ1) is 10.1. The molecule has 0 fully saturated rings. The maximum atomic E-state index is 12.0. The topological polar surface area (TPSA) is 20.3 Å². The predicted octanol–water partition coefficient (Wildman–Crippen LogP) is 4.87. The molecule has 0 aliphatic carbocycles. The first kappa shape index (κ1) is 16.6. The fourth-order valence-electron chi connectivity index (χ4n) is 1.93. The summed E-state index contributed by atoms with van der Waals surface area (Å²) in [7, 11) is 0. The summed E-state index contributed by atoms with van der Waals surface area (Å²) in [6.07, 6.45) is 0.811. The van der Waals surface area contributed by atoms with E-state index in [1.54, 1.807) is 28.4 Å². The Morgan fingerprint density at radius 1 is 1.24 bits per heavy atom. The fraction of sp³-hybridized carbons (Fsp3) is 0.267. The Balaban J connectivity index is 2.07. The van der Waals surface area contributed by atoms with Crippen LogP contribution in [-0.4, -0.2) is 23.2 Å². The summed E-state index contributed by atoms with van der Waals surface area (Å²) in [6, 6.07) is 9.35. The number of alkyl halides is 1. The normalized spacial score (nSPS) is 10.6. The minimum atomic E-state index is -0.0979. The lowest BCUT2D eigenvalue weighted by Crippen LogP contribution is -2.33. The average molecular weight is 363 g/mol. The molecule has 6 heteroatoms. The molecule has 0 saturated heterocycles. The first-order valence-electron chi connectivity index (χ1n) is 6.40. The molecule has 0 aliphatic rings. The van der Waals surface area contributed by atoms with Gasteiger partial charge in [0.25, 0.3) is 0 Å². The molecule has 0 atom stereocenters. The van der Waals surface area contributed by atoms with E-state index in [0.717, 1.165) is 12.0 Å². The smallest absolute Gasteiger partial charge is 0.237 e. The number of halogens is 3. The quantitative estimate of drug-likeness (QED) is 0.672. The number of thiophene rings is 1. The van der Waals surface area contributed by atoms with Gasteiger partial charge < -0.3 is 4.90 Å². The minimum Gasteiger partial charge on any atom is -0.337 e. The van der Waals surface area contributed by atoms with E-state index in [-0.39, 0.29) is 11.8 Å². The van der Waals surface area contributed by atoms with Crippen LogP contribution in [0, 0.1) is 0 Å². The molecule has 0 spiro atoms. The molecular weight excluding hydrogens is 349 g/mol. The summed E-state index contributed by atoms with van der Waals surface area (Å²) >= 11 is 19.4. The van der Waals surface area contributed by atoms with Gasteiger partial charge in [-0.15, -0.1) is 22.9 Å². The highest BCUT2D eigenvalue weighted by Gasteiger charge is 2.15. The van der Waals surface area contributed by atoms with Crippen molar-refractivity contribution < 1.29 is 4.79 Å². The highest BCUT2D eigenvalue weighted by Crippen LogP contribution is 2.22. The third-order valence-corrected chi connectivity index (χ3v) is 4.80. The summed E-state index contributed by atoms with van der Waals surface area (Å²) in [5.41, 5.74) is 0.866. The van der Waals surface area contributed by atoms with Gasteiger partial charge in [-0.1, -0.05) is 35.3 Å². The highest BCUT2D eigenvalue weighted by molar-refractivity contribution is 7.09. The number of benzene rings is 1. The number of hydrogen-bond donors (Lipinski definition) is 0. The third kappa shape index (κ3) is 4.89. The van der Waals surface area contributed by atoms with Crippen molar-refractivity contribution in [2.45, 2.75) is 13.0 Å². The van der Waals surface area contributed by atoms with Gasteiger partial charge in [-0.25, -0.2) is 0 Å². The Labute approximate surface area is 143 Å². The van der Waals surface area contributed by atoms with E-state index >= 15 is 0 Å². The number of carbonyl (C=O) groups excluding carboxylic acids is 1. The largest absolute Gasteiger partial charge is 0.337 e. The van der Waals surface area contributed by atoms with Crippen LogP contribution in [0.25, 0.3) is 0 Å². The molecule has 0 N–H and O–H groups in total. The van der Waals surface area contributed by atoms with Crippen LogP contribution in [0.4, 0.5) is 0 Å². The standard InChI is InChI=1S/C15H14Cl3NOS/c16-9-15(20)19(6-5-13-2-1-7-21-13)10-11-3-4-12(17)8-14(11)18/h1-4,7-8H,5-6,9-10H2. The molecule has 1 amide bonds. The number of rotatable bonds is 6. The van der Waals surface area contributed by atoms with Crippen LogP contribution in [-0.2, 0) is 17.8 Å². The molecule has 0 unspecified atom stereocenters. The van der Waals surface area contributed by atoms with E-state index in [9.17, 15) is 4.79 Å². The van der Waals surface area contributed by atoms with Gasteiger partial charge in [-0.3, -0.25) is 4.79 Å². The average Bonchev–Trinajstić information content (AvgIpc) is 2.98. The molecule has 1 heterocycles. The second-order valence-corrected chi connectivity index (χ2v) is 6.66. The number of nitrogens with zero attached hydrogens (tertiary/aromatic N) is 1. The van der Waals surface area contributed by atoms with Crippen molar-refractivity contribution in [3.8, 4) is 0 Å². The fourth-order valence-corrected chi connectivity index (χ4v) is 3.27. The predicted molar refractivity (Wildman–Crippen MR) is 90.6 cm³/mol. The summed E-state index contributed by atoms with van der Waals surface area (Å²) in [4.78, 5) is 14.9. The van der Waals surface area contributed by atoms with Gasteiger partial charge in [0.05, 0.1) is 0 Å². The Hall–Kier alpha value is -0.740. The van der Waals surface area contributed by atoms with Gasteiger partial charge in [-0.2, -0.15) is 0 Å². The SMILES string of the molecule is O=C(CCl)N(CCc1cccs1)Cc1ccc(Cl)cc1Cl. The van der Waals surface area contributed by atoms with Crippen LogP contribution in [0.2, 0.25) is 10.0 Å². The van der Waals surface area contributed by atoms with Crippen LogP contribution in [0.1, 0.15) is 10.4 Å². The maximum Gasteiger partial charge on any atom is 0.237 e. The lowest BCUT2D eigenvalue weighted by atomic mass is 10.2. The Kier molecular flexibility index (Phi) is 6.37. The summed E-state index contributed by atoms with van der Waals surface area (Å²) in [5.74, 6) is -0.130. The van der Waals surface area contributed by atoms with Crippen LogP contribution < -0.4 is 0 Å². The van der Waals surface area contributed by atoms with E-state index in [0.29, 0.717) is 23.1 Å². The van der Waals surface area contributed by atoms with E-state index in [1.165, 1.54) is 4.88 Å². The van der Waals surface area contributed by atoms with Crippen molar-refractivity contribution in [3.05, 3.63) is 56.2 Å². The lowest BCUT2D eigenvalue weighted by molar-refractivity contribution is -0.129. The zero-order valence-corrected chi connectivity index (χ0v) is 14.3. The van der Waals surface area contributed by atoms with Crippen LogP contribution >= 0.6 is 46.1 Å². The van der Waals surface area contributed by atoms with Crippen molar-refractivity contribution in [3.63, 3.8) is 0 Å². The van der Waals surface area contributed by atoms with Gasteiger partial charge in [0.2, 0.25) is 5.91 Å². The zero-order valence-electron chi connectivity index (χ0n) is 11.2. The summed E-state index contributed by atoms with van der Waals surface area (Å²) in [6.45, 7) is 1.05. The monoisotopic (exact) mass is 361 g/mol. The van der Waals surface area contributed by atoms with Gasteiger partial charge in [0.1, 0.15) is 5.88 Å². The molecule has 2 rings (SSSR count). The lowest BCUT2D eigenvalue weighted by Gasteiger charge is -2.22. The Morgan fingerprint density at radius 3 is 2.67 bits per heavy atom. The second-order valence-electron chi connectivity index (χ2n) is 4.51. The molecular formula is C15H14Cl3NOS. The Morgan fingerprint density at radius 2 is 2.05 bits per heavy atom. The van der Waals surface area contributed by atoms with Crippen LogP contribution in [0.5, 0.6) is 0 Å². The maximum absolute atomic E-state index is 12.0. The van der Waals surface area contributed by atoms with Gasteiger partial charge in [0, 0.05) is 28.0 Å². The van der Waals surface area contributed by atoms with E-state index in [4.69, 9.17) is 34.8 Å². The molecule has 1 aromatic carbocycles. The molecule has 1 aromatic heterocycles. The zero-order chi connectivity index (χ0) is 15.2. The van der Waals surface area contributed by atoms with E-state index in [2.05, 4.69) is 6.07 Å². The molecule has 0 radical (unpaired) electrons. The van der Waals surface area contributed by atoms with Crippen molar-refractivity contribution in [1.29, 1.82) is 0 Å². The first-order valence-corrected chi connectivity index (χ1v) is 8.57. The van der Waals surface area contributed by atoms with E-state index < -0.39 is 0 Å². The minimum absolute atomic E-state index is 0.0321. The van der Waals surface area contributed by atoms with Gasteiger partial charge >= 0.3 is 0 Å². The highest BCUT2D eigenvalue weighted by atomic mass is 35.5. The van der Waals surface area contributed by atoms with Gasteiger partial charge in [-0.05, 0) is 35.6 Å². The summed E-state index contributed by atoms with van der Waals surface area (Å²) in [5, 5.41) is 3.17. The molecule has 0 aliphatic heterocycles. The van der Waals surface area contributed by atoms with Crippen molar-refractivity contribution in [1.82, 2.24) is 4.90 Å². The van der Waals surface area contributed by atoms with Crippen molar-refractivity contribution in [2.24, 2.45) is 0 Å². The number of carbonyl (C=O) groups is 1. The second kappa shape index (κ2) is 8.04. The van der Waals surface area contributed by atoms with Gasteiger partial charge in [0.15, 0.2) is 0 Å².